The highest BCUT2D eigenvalue weighted by Crippen LogP contribution is 2.13. The lowest BCUT2D eigenvalue weighted by Gasteiger charge is -2.18. The molecule has 0 saturated heterocycles. The van der Waals surface area contributed by atoms with Crippen LogP contribution in [0.3, 0.4) is 0 Å². The molecule has 0 aliphatic carbocycles. The Kier molecular flexibility index (Phi) is 52.5. The predicted octanol–water partition coefficient (Wildman–Crippen LogP) is 18.6. The maximum Gasteiger partial charge on any atom is 0.306 e. The fourth-order valence-corrected chi connectivity index (χ4v) is 7.08. The lowest BCUT2D eigenvalue weighted by molar-refractivity contribution is -0.166. The minimum Gasteiger partial charge on any atom is -0.462 e. The van der Waals surface area contributed by atoms with Gasteiger partial charge in [-0.25, -0.2) is 0 Å². The van der Waals surface area contributed by atoms with Gasteiger partial charge in [-0.15, -0.1) is 0 Å². The zero-order valence-corrected chi connectivity index (χ0v) is 44.3. The molecular formula is C63H100O6. The Morgan fingerprint density at radius 3 is 0.942 bits per heavy atom. The molecule has 388 valence electrons. The SMILES string of the molecule is CC/C=C\C/C=C\C/C=C\C/C=C\C/C=C\C/C=C\CCC(=O)OC(COC(=O)CCCCCCCCC/C=C\C/C=C\C/C=C\C/C=C\C/C=C\CC)COC(=O)CCCCCCCCCCC. The van der Waals surface area contributed by atoms with E-state index in [2.05, 4.69) is 142 Å². The fraction of sp³-hybridized carbons (Fsp3) is 0.603. The van der Waals surface area contributed by atoms with Gasteiger partial charge in [0.05, 0.1) is 0 Å². The number of hydrogen-bond donors (Lipinski definition) is 0. The molecule has 0 spiro atoms. The van der Waals surface area contributed by atoms with Gasteiger partial charge in [0.15, 0.2) is 6.10 Å². The standard InChI is InChI=1S/C63H100O6/c1-4-7-10-13-16-19-21-23-25-27-29-30-31-32-34-35-37-39-41-44-47-50-53-56-62(65)68-59-60(58-67-61(64)55-52-49-46-43-18-15-12-9-6-3)69-63(66)57-54-51-48-45-42-40-38-36-33-28-26-24-22-20-17-14-11-8-5-2/h7-8,10-11,16-17,19-20,23-26,29-30,32-34,36,40,42,48,51,60H,4-6,9,12-15,18,21-22,27-28,31,35,37-39,41,43-47,49-50,52-59H2,1-3H3/b10-7-,11-8-,19-16-,20-17-,25-23-,26-24-,30-29-,34-32-,36-33-,42-40-,51-48-. The highest BCUT2D eigenvalue weighted by atomic mass is 16.6. The van der Waals surface area contributed by atoms with Crippen molar-refractivity contribution in [2.45, 2.75) is 232 Å². The third-order valence-corrected chi connectivity index (χ3v) is 11.2. The van der Waals surface area contributed by atoms with Crippen molar-refractivity contribution in [2.24, 2.45) is 0 Å². The molecule has 0 amide bonds. The summed E-state index contributed by atoms with van der Waals surface area (Å²) in [5.74, 6) is -1.02. The molecule has 1 unspecified atom stereocenters. The summed E-state index contributed by atoms with van der Waals surface area (Å²) < 4.78 is 16.7. The number of allylic oxidation sites excluding steroid dienone is 22. The van der Waals surface area contributed by atoms with E-state index in [0.29, 0.717) is 19.3 Å². The topological polar surface area (TPSA) is 78.9 Å². The second-order valence-corrected chi connectivity index (χ2v) is 17.7. The number of carbonyl (C=O) groups is 3. The summed E-state index contributed by atoms with van der Waals surface area (Å²) in [6, 6.07) is 0. The second kappa shape index (κ2) is 56.1. The molecule has 0 radical (unpaired) electrons. The summed E-state index contributed by atoms with van der Waals surface area (Å²) in [6.45, 7) is 6.30. The molecule has 0 bridgehead atoms. The van der Waals surface area contributed by atoms with Gasteiger partial charge in [0.2, 0.25) is 0 Å². The van der Waals surface area contributed by atoms with Crippen molar-refractivity contribution in [3.8, 4) is 0 Å². The van der Waals surface area contributed by atoms with Crippen molar-refractivity contribution in [3.05, 3.63) is 134 Å². The maximum absolute atomic E-state index is 12.8. The largest absolute Gasteiger partial charge is 0.462 e. The first-order valence-electron chi connectivity index (χ1n) is 27.7. The highest BCUT2D eigenvalue weighted by molar-refractivity contribution is 5.71. The Morgan fingerprint density at radius 1 is 0.304 bits per heavy atom. The number of hydrogen-bond acceptors (Lipinski definition) is 6. The van der Waals surface area contributed by atoms with E-state index in [1.165, 1.54) is 64.2 Å². The Bertz CT molecular complexity index is 1510. The maximum atomic E-state index is 12.8. The fourth-order valence-electron chi connectivity index (χ4n) is 7.08. The summed E-state index contributed by atoms with van der Waals surface area (Å²) in [6.07, 6.45) is 78.9. The van der Waals surface area contributed by atoms with Gasteiger partial charge in [-0.3, -0.25) is 14.4 Å². The zero-order chi connectivity index (χ0) is 50.0. The number of unbranched alkanes of at least 4 members (excludes halogenated alkanes) is 15. The van der Waals surface area contributed by atoms with E-state index in [1.807, 2.05) is 12.2 Å². The van der Waals surface area contributed by atoms with Gasteiger partial charge in [0.25, 0.3) is 0 Å². The van der Waals surface area contributed by atoms with E-state index in [0.717, 1.165) is 116 Å². The number of esters is 3. The van der Waals surface area contributed by atoms with Crippen LogP contribution in [0.2, 0.25) is 0 Å². The van der Waals surface area contributed by atoms with Crippen LogP contribution in [0.4, 0.5) is 0 Å². The van der Waals surface area contributed by atoms with Crippen LogP contribution < -0.4 is 0 Å². The molecule has 0 aromatic rings. The molecule has 0 heterocycles. The number of rotatable bonds is 48. The zero-order valence-electron chi connectivity index (χ0n) is 44.3. The smallest absolute Gasteiger partial charge is 0.306 e. The Labute approximate surface area is 424 Å². The molecule has 0 aromatic heterocycles. The number of ether oxygens (including phenoxy) is 3. The van der Waals surface area contributed by atoms with Crippen molar-refractivity contribution in [3.63, 3.8) is 0 Å². The van der Waals surface area contributed by atoms with Gasteiger partial charge in [0, 0.05) is 19.3 Å². The van der Waals surface area contributed by atoms with Gasteiger partial charge in [-0.1, -0.05) is 238 Å². The Morgan fingerprint density at radius 2 is 0.594 bits per heavy atom. The average Bonchev–Trinajstić information content (AvgIpc) is 3.35. The monoisotopic (exact) mass is 953 g/mol. The van der Waals surface area contributed by atoms with E-state index in [-0.39, 0.29) is 31.6 Å². The van der Waals surface area contributed by atoms with Gasteiger partial charge < -0.3 is 14.2 Å². The lowest BCUT2D eigenvalue weighted by Crippen LogP contribution is -2.30. The van der Waals surface area contributed by atoms with Gasteiger partial charge in [-0.2, -0.15) is 0 Å². The Hall–Kier alpha value is -4.45. The van der Waals surface area contributed by atoms with Crippen molar-refractivity contribution in [2.75, 3.05) is 13.2 Å². The molecule has 0 rings (SSSR count). The molecule has 6 heteroatoms. The third kappa shape index (κ3) is 54.4. The minimum absolute atomic E-state index is 0.115. The first-order valence-corrected chi connectivity index (χ1v) is 27.7. The molecular weight excluding hydrogens is 853 g/mol. The van der Waals surface area contributed by atoms with Gasteiger partial charge in [-0.05, 0) is 103 Å². The summed E-state index contributed by atoms with van der Waals surface area (Å²) in [5, 5.41) is 0. The van der Waals surface area contributed by atoms with Crippen LogP contribution in [0.15, 0.2) is 134 Å². The highest BCUT2D eigenvalue weighted by Gasteiger charge is 2.19. The Balaban J connectivity index is 4.44. The average molecular weight is 953 g/mol. The number of carbonyl (C=O) groups excluding carboxylic acids is 3. The summed E-state index contributed by atoms with van der Waals surface area (Å²) >= 11 is 0. The van der Waals surface area contributed by atoms with E-state index in [4.69, 9.17) is 14.2 Å². The lowest BCUT2D eigenvalue weighted by atomic mass is 10.1. The summed E-state index contributed by atoms with van der Waals surface area (Å²) in [5.41, 5.74) is 0. The van der Waals surface area contributed by atoms with E-state index < -0.39 is 12.1 Å². The molecule has 0 saturated carbocycles. The van der Waals surface area contributed by atoms with Crippen LogP contribution in [0.1, 0.15) is 226 Å². The second-order valence-electron chi connectivity index (χ2n) is 17.7. The van der Waals surface area contributed by atoms with Crippen molar-refractivity contribution < 1.29 is 28.6 Å². The molecule has 0 N–H and O–H groups in total. The van der Waals surface area contributed by atoms with Crippen molar-refractivity contribution in [1.82, 2.24) is 0 Å². The third-order valence-electron chi connectivity index (χ3n) is 11.2. The van der Waals surface area contributed by atoms with E-state index >= 15 is 0 Å². The molecule has 0 aromatic carbocycles. The molecule has 6 nitrogen and oxygen atoms in total. The van der Waals surface area contributed by atoms with Crippen LogP contribution in [0.5, 0.6) is 0 Å². The van der Waals surface area contributed by atoms with E-state index in [9.17, 15) is 14.4 Å². The predicted molar refractivity (Wildman–Crippen MR) is 297 cm³/mol. The minimum atomic E-state index is -0.826. The van der Waals surface area contributed by atoms with Crippen molar-refractivity contribution >= 4 is 17.9 Å². The normalized spacial score (nSPS) is 13.1. The first kappa shape index (κ1) is 64.5. The molecule has 1 atom stereocenters. The van der Waals surface area contributed by atoms with Crippen LogP contribution in [0.25, 0.3) is 0 Å². The van der Waals surface area contributed by atoms with Gasteiger partial charge in [0.1, 0.15) is 13.2 Å². The summed E-state index contributed by atoms with van der Waals surface area (Å²) in [7, 11) is 0. The quantitative estimate of drug-likeness (QED) is 0.0262. The summed E-state index contributed by atoms with van der Waals surface area (Å²) in [4.78, 5) is 38.0. The molecule has 0 aliphatic heterocycles. The molecule has 0 fully saturated rings. The molecule has 69 heavy (non-hydrogen) atoms. The van der Waals surface area contributed by atoms with Crippen LogP contribution in [-0.4, -0.2) is 37.2 Å². The van der Waals surface area contributed by atoms with Crippen LogP contribution in [-0.2, 0) is 28.6 Å². The molecule has 0 aliphatic rings. The van der Waals surface area contributed by atoms with Crippen molar-refractivity contribution in [1.29, 1.82) is 0 Å². The van der Waals surface area contributed by atoms with Gasteiger partial charge >= 0.3 is 17.9 Å². The van der Waals surface area contributed by atoms with Crippen LogP contribution >= 0.6 is 0 Å². The first-order chi connectivity index (χ1) is 34.0. The van der Waals surface area contributed by atoms with Crippen LogP contribution in [0, 0.1) is 0 Å². The van der Waals surface area contributed by atoms with E-state index in [1.54, 1.807) is 0 Å².